The first-order chi connectivity index (χ1) is 8.66. The highest BCUT2D eigenvalue weighted by Gasteiger charge is 2.17. The molecule has 1 N–H and O–H groups in total. The Morgan fingerprint density at radius 3 is 3.11 bits per heavy atom. The summed E-state index contributed by atoms with van der Waals surface area (Å²) in [7, 11) is 0. The lowest BCUT2D eigenvalue weighted by atomic mass is 10.0. The summed E-state index contributed by atoms with van der Waals surface area (Å²) in [5.74, 6) is -0.477. The second-order valence-corrected chi connectivity index (χ2v) is 4.78. The number of ether oxygens (including phenoxy) is 1. The molecule has 0 saturated carbocycles. The molecule has 1 amide bonds. The van der Waals surface area contributed by atoms with Crippen LogP contribution >= 0.6 is 0 Å². The molecule has 1 aliphatic heterocycles. The van der Waals surface area contributed by atoms with Crippen LogP contribution in [0, 0.1) is 18.7 Å². The number of carbonyl (C=O) groups excluding carboxylic acids is 1. The summed E-state index contributed by atoms with van der Waals surface area (Å²) >= 11 is 0. The second-order valence-electron chi connectivity index (χ2n) is 4.78. The van der Waals surface area contributed by atoms with E-state index in [0.29, 0.717) is 19.1 Å². The largest absolute Gasteiger partial charge is 0.381 e. The Balaban J connectivity index is 1.92. The number of hydrogen-bond acceptors (Lipinski definition) is 2. The van der Waals surface area contributed by atoms with Crippen molar-refractivity contribution in [2.75, 3.05) is 19.8 Å². The van der Waals surface area contributed by atoms with Gasteiger partial charge in [-0.25, -0.2) is 4.39 Å². The van der Waals surface area contributed by atoms with Gasteiger partial charge in [0, 0.05) is 13.2 Å². The molecule has 1 atom stereocenters. The lowest BCUT2D eigenvalue weighted by molar-refractivity contribution is 0.0536. The first-order valence-corrected chi connectivity index (χ1v) is 6.29. The van der Waals surface area contributed by atoms with Crippen molar-refractivity contribution in [1.82, 2.24) is 5.32 Å². The molecule has 1 saturated heterocycles. The molecule has 0 radical (unpaired) electrons. The fourth-order valence-corrected chi connectivity index (χ4v) is 2.11. The highest BCUT2D eigenvalue weighted by Crippen LogP contribution is 2.13. The van der Waals surface area contributed by atoms with E-state index in [-0.39, 0.29) is 11.5 Å². The molecule has 98 valence electrons. The predicted octanol–water partition coefficient (Wildman–Crippen LogP) is 2.29. The molecule has 2 rings (SSSR count). The van der Waals surface area contributed by atoms with Crippen LogP contribution < -0.4 is 5.32 Å². The summed E-state index contributed by atoms with van der Waals surface area (Å²) in [5, 5.41) is 2.78. The standard InChI is InChI=1S/C14H18FNO2/c1-10-4-5-13(15)12(7-10)14(17)16-8-11-3-2-6-18-9-11/h4-5,7,11H,2-3,6,8-9H2,1H3,(H,16,17). The Labute approximate surface area is 106 Å². The molecule has 1 unspecified atom stereocenters. The van der Waals surface area contributed by atoms with Crippen molar-refractivity contribution in [3.63, 3.8) is 0 Å². The zero-order valence-electron chi connectivity index (χ0n) is 10.5. The summed E-state index contributed by atoms with van der Waals surface area (Å²) in [6, 6.07) is 4.55. The lowest BCUT2D eigenvalue weighted by Crippen LogP contribution is -2.33. The number of nitrogens with one attached hydrogen (secondary N) is 1. The Morgan fingerprint density at radius 2 is 2.39 bits per heavy atom. The van der Waals surface area contributed by atoms with Crippen LogP contribution in [0.4, 0.5) is 4.39 Å². The Kier molecular flexibility index (Phi) is 4.31. The van der Waals surface area contributed by atoms with E-state index in [4.69, 9.17) is 4.74 Å². The molecule has 0 aromatic heterocycles. The van der Waals surface area contributed by atoms with Gasteiger partial charge in [-0.2, -0.15) is 0 Å². The zero-order chi connectivity index (χ0) is 13.0. The van der Waals surface area contributed by atoms with Crippen molar-refractivity contribution in [1.29, 1.82) is 0 Å². The topological polar surface area (TPSA) is 38.3 Å². The van der Waals surface area contributed by atoms with Crippen LogP contribution in [0.15, 0.2) is 18.2 Å². The summed E-state index contributed by atoms with van der Waals surface area (Å²) in [5.41, 5.74) is 0.995. The maximum Gasteiger partial charge on any atom is 0.254 e. The number of amides is 1. The fraction of sp³-hybridized carbons (Fsp3) is 0.500. The first-order valence-electron chi connectivity index (χ1n) is 6.29. The van der Waals surface area contributed by atoms with E-state index < -0.39 is 5.82 Å². The van der Waals surface area contributed by atoms with Crippen LogP contribution in [0.3, 0.4) is 0 Å². The van der Waals surface area contributed by atoms with E-state index in [1.165, 1.54) is 6.07 Å². The normalized spacial score (nSPS) is 19.6. The third-order valence-corrected chi connectivity index (χ3v) is 3.17. The van der Waals surface area contributed by atoms with Crippen molar-refractivity contribution in [3.05, 3.63) is 35.1 Å². The van der Waals surface area contributed by atoms with Crippen molar-refractivity contribution in [2.24, 2.45) is 5.92 Å². The maximum atomic E-state index is 13.5. The van der Waals surface area contributed by atoms with Crippen LogP contribution in [0.5, 0.6) is 0 Å². The number of benzene rings is 1. The molecular weight excluding hydrogens is 233 g/mol. The van der Waals surface area contributed by atoms with Gasteiger partial charge in [0.1, 0.15) is 5.82 Å². The van der Waals surface area contributed by atoms with Crippen LogP contribution in [0.25, 0.3) is 0 Å². The molecule has 0 spiro atoms. The van der Waals surface area contributed by atoms with Gasteiger partial charge >= 0.3 is 0 Å². The number of carbonyl (C=O) groups is 1. The van der Waals surface area contributed by atoms with Gasteiger partial charge in [-0.3, -0.25) is 4.79 Å². The molecule has 1 fully saturated rings. The number of halogens is 1. The van der Waals surface area contributed by atoms with Crippen LogP contribution in [-0.4, -0.2) is 25.7 Å². The monoisotopic (exact) mass is 251 g/mol. The summed E-state index contributed by atoms with van der Waals surface area (Å²) in [6.45, 7) is 3.87. The molecule has 1 heterocycles. The number of hydrogen-bond donors (Lipinski definition) is 1. The van der Waals surface area contributed by atoms with Crippen LogP contribution in [-0.2, 0) is 4.74 Å². The van der Waals surface area contributed by atoms with Crippen molar-refractivity contribution in [3.8, 4) is 0 Å². The zero-order valence-corrected chi connectivity index (χ0v) is 10.5. The van der Waals surface area contributed by atoms with Gasteiger partial charge in [-0.05, 0) is 37.8 Å². The molecule has 18 heavy (non-hydrogen) atoms. The molecule has 0 aliphatic carbocycles. The maximum absolute atomic E-state index is 13.5. The van der Waals surface area contributed by atoms with E-state index in [2.05, 4.69) is 5.32 Å². The van der Waals surface area contributed by atoms with E-state index in [9.17, 15) is 9.18 Å². The van der Waals surface area contributed by atoms with Gasteiger partial charge in [0.2, 0.25) is 0 Å². The van der Waals surface area contributed by atoms with Crippen molar-refractivity contribution >= 4 is 5.91 Å². The SMILES string of the molecule is Cc1ccc(F)c(C(=O)NCC2CCCOC2)c1. The van der Waals surface area contributed by atoms with E-state index >= 15 is 0 Å². The lowest BCUT2D eigenvalue weighted by Gasteiger charge is -2.22. The van der Waals surface area contributed by atoms with E-state index in [1.807, 2.05) is 6.92 Å². The molecule has 4 heteroatoms. The minimum Gasteiger partial charge on any atom is -0.381 e. The first kappa shape index (κ1) is 13.0. The summed E-state index contributed by atoms with van der Waals surface area (Å²) in [4.78, 5) is 11.9. The number of rotatable bonds is 3. The predicted molar refractivity (Wildman–Crippen MR) is 67.0 cm³/mol. The average Bonchev–Trinajstić information content (AvgIpc) is 2.40. The molecule has 0 bridgehead atoms. The number of aryl methyl sites for hydroxylation is 1. The molecule has 1 aromatic carbocycles. The van der Waals surface area contributed by atoms with Crippen molar-refractivity contribution in [2.45, 2.75) is 19.8 Å². The van der Waals surface area contributed by atoms with Gasteiger partial charge in [0.25, 0.3) is 5.91 Å². The quantitative estimate of drug-likeness (QED) is 0.895. The molecular formula is C14H18FNO2. The Bertz CT molecular complexity index is 428. The third kappa shape index (κ3) is 3.29. The van der Waals surface area contributed by atoms with Crippen LogP contribution in [0.2, 0.25) is 0 Å². The van der Waals surface area contributed by atoms with Gasteiger partial charge in [0.05, 0.1) is 12.2 Å². The molecule has 1 aromatic rings. The van der Waals surface area contributed by atoms with Gasteiger partial charge in [-0.1, -0.05) is 11.6 Å². The summed E-state index contributed by atoms with van der Waals surface area (Å²) < 4.78 is 18.8. The highest BCUT2D eigenvalue weighted by atomic mass is 19.1. The smallest absolute Gasteiger partial charge is 0.254 e. The van der Waals surface area contributed by atoms with Crippen molar-refractivity contribution < 1.29 is 13.9 Å². The second kappa shape index (κ2) is 5.96. The van der Waals surface area contributed by atoms with E-state index in [0.717, 1.165) is 25.0 Å². The average molecular weight is 251 g/mol. The minimum atomic E-state index is -0.474. The molecule has 1 aliphatic rings. The summed E-state index contributed by atoms with van der Waals surface area (Å²) in [6.07, 6.45) is 2.08. The van der Waals surface area contributed by atoms with Gasteiger partial charge < -0.3 is 10.1 Å². The Hall–Kier alpha value is -1.42. The Morgan fingerprint density at radius 1 is 1.56 bits per heavy atom. The highest BCUT2D eigenvalue weighted by molar-refractivity contribution is 5.94. The fourth-order valence-electron chi connectivity index (χ4n) is 2.11. The van der Waals surface area contributed by atoms with Gasteiger partial charge in [0.15, 0.2) is 0 Å². The van der Waals surface area contributed by atoms with Gasteiger partial charge in [-0.15, -0.1) is 0 Å². The molecule has 3 nitrogen and oxygen atoms in total. The minimum absolute atomic E-state index is 0.117. The third-order valence-electron chi connectivity index (χ3n) is 3.17. The van der Waals surface area contributed by atoms with E-state index in [1.54, 1.807) is 12.1 Å². The van der Waals surface area contributed by atoms with Crippen LogP contribution in [0.1, 0.15) is 28.8 Å².